The number of nitrogens with one attached hydrogen (secondary N) is 1. The Morgan fingerprint density at radius 3 is 2.58 bits per heavy atom. The Kier molecular flexibility index (Phi) is 12.0. The predicted octanol–water partition coefficient (Wildman–Crippen LogP) is 6.68. The van der Waals surface area contributed by atoms with Gasteiger partial charge in [-0.3, -0.25) is 4.79 Å². The zero-order chi connectivity index (χ0) is 37.3. The van der Waals surface area contributed by atoms with Crippen molar-refractivity contribution in [2.45, 2.75) is 94.4 Å². The number of hydrogen-bond donors (Lipinski definition) is 1. The van der Waals surface area contributed by atoms with Crippen LogP contribution in [0.15, 0.2) is 48.6 Å². The normalized spacial score (nSPS) is 25.4. The second-order valence-corrected chi connectivity index (χ2v) is 18.9. The Morgan fingerprint density at radius 2 is 1.92 bits per heavy atom. The molecule has 2 aromatic rings. The molecule has 1 amide bonds. The number of methoxy groups -OCH3 is 1. The summed E-state index contributed by atoms with van der Waals surface area (Å²) < 4.78 is 40.9. The van der Waals surface area contributed by atoms with E-state index in [4.69, 9.17) is 21.1 Å². The van der Waals surface area contributed by atoms with Crippen LogP contribution >= 0.6 is 11.6 Å². The number of amides is 1. The summed E-state index contributed by atoms with van der Waals surface area (Å²) in [6, 6.07) is 12.2. The maximum atomic E-state index is 13.4. The van der Waals surface area contributed by atoms with Crippen molar-refractivity contribution in [2.24, 2.45) is 11.8 Å². The van der Waals surface area contributed by atoms with Crippen molar-refractivity contribution in [2.75, 3.05) is 65.4 Å². The lowest BCUT2D eigenvalue weighted by Crippen LogP contribution is -2.58. The van der Waals surface area contributed by atoms with Gasteiger partial charge in [0.05, 0.1) is 17.5 Å². The van der Waals surface area contributed by atoms with Gasteiger partial charge < -0.3 is 24.2 Å². The number of ether oxygens (including phenoxy) is 2. The SMILES string of the molecule is CC/C=C/[C@](CN1CCC(N(C)C)CC1)(OC)[C@@H]1CC[C@H]1CN1C[C@@]2(CCCc3cc(Cl)ccc32)COc2ccc(C(=O)NS(=O)(=O)C(C)C)cc21. The number of rotatable bonds is 12. The van der Waals surface area contributed by atoms with E-state index < -0.39 is 26.8 Å². The molecule has 1 spiro atoms. The molecule has 2 aliphatic carbocycles. The molecule has 4 aliphatic rings. The second kappa shape index (κ2) is 16.0. The molecule has 1 saturated carbocycles. The van der Waals surface area contributed by atoms with Crippen LogP contribution < -0.4 is 14.4 Å². The Morgan fingerprint density at radius 1 is 1.15 bits per heavy atom. The molecule has 4 atom stereocenters. The van der Waals surface area contributed by atoms with Crippen molar-refractivity contribution in [3.05, 3.63) is 70.3 Å². The number of nitrogens with zero attached hydrogens (tertiary/aromatic N) is 3. The summed E-state index contributed by atoms with van der Waals surface area (Å²) in [5.41, 5.74) is 3.01. The molecule has 0 unspecified atom stereocenters. The first kappa shape index (κ1) is 39.1. The van der Waals surface area contributed by atoms with Crippen molar-refractivity contribution >= 4 is 33.2 Å². The fraction of sp³-hybridized carbons (Fsp3) is 0.634. The number of fused-ring (bicyclic) bond motifs is 3. The number of sulfonamides is 1. The number of carbonyl (C=O) groups is 1. The van der Waals surface area contributed by atoms with E-state index in [1.54, 1.807) is 19.9 Å². The minimum Gasteiger partial charge on any atom is -0.490 e. The third-order valence-corrected chi connectivity index (χ3v) is 14.4. The van der Waals surface area contributed by atoms with Crippen LogP contribution in [0, 0.1) is 11.8 Å². The monoisotopic (exact) mass is 754 g/mol. The zero-order valence-electron chi connectivity index (χ0n) is 32.0. The summed E-state index contributed by atoms with van der Waals surface area (Å²) >= 11 is 6.50. The molecule has 0 aromatic heterocycles. The third kappa shape index (κ3) is 8.07. The van der Waals surface area contributed by atoms with Crippen LogP contribution in [0.3, 0.4) is 0 Å². The lowest BCUT2D eigenvalue weighted by atomic mass is 9.63. The molecule has 2 fully saturated rings. The van der Waals surface area contributed by atoms with Gasteiger partial charge in [0.25, 0.3) is 5.91 Å². The molecule has 2 aliphatic heterocycles. The van der Waals surface area contributed by atoms with Gasteiger partial charge >= 0.3 is 0 Å². The minimum absolute atomic E-state index is 0.267. The average Bonchev–Trinajstić information content (AvgIpc) is 3.25. The van der Waals surface area contributed by atoms with Crippen molar-refractivity contribution in [3.63, 3.8) is 0 Å². The van der Waals surface area contributed by atoms with E-state index in [-0.39, 0.29) is 5.41 Å². The number of carbonyl (C=O) groups excluding carboxylic acids is 1. The van der Waals surface area contributed by atoms with Crippen LogP contribution in [-0.4, -0.2) is 102 Å². The van der Waals surface area contributed by atoms with Crippen molar-refractivity contribution in [1.29, 1.82) is 0 Å². The van der Waals surface area contributed by atoms with E-state index in [1.165, 1.54) is 11.1 Å². The zero-order valence-corrected chi connectivity index (χ0v) is 33.6. The number of hydrogen-bond acceptors (Lipinski definition) is 8. The minimum atomic E-state index is -3.80. The van der Waals surface area contributed by atoms with Gasteiger partial charge in [-0.2, -0.15) is 0 Å². The summed E-state index contributed by atoms with van der Waals surface area (Å²) in [6.07, 6.45) is 13.0. The van der Waals surface area contributed by atoms with E-state index in [2.05, 4.69) is 64.7 Å². The van der Waals surface area contributed by atoms with E-state index in [0.717, 1.165) is 94.8 Å². The summed E-state index contributed by atoms with van der Waals surface area (Å²) in [4.78, 5) is 20.8. The van der Waals surface area contributed by atoms with Gasteiger partial charge in [0, 0.05) is 48.8 Å². The molecular formula is C41H59ClN4O5S. The molecule has 2 heterocycles. The Balaban J connectivity index is 1.34. The maximum Gasteiger partial charge on any atom is 0.264 e. The summed E-state index contributed by atoms with van der Waals surface area (Å²) in [5.74, 6) is 0.742. The first-order valence-electron chi connectivity index (χ1n) is 19.3. The summed E-state index contributed by atoms with van der Waals surface area (Å²) in [5, 5.41) is 0.0197. The first-order valence-corrected chi connectivity index (χ1v) is 21.2. The third-order valence-electron chi connectivity index (χ3n) is 12.4. The molecule has 286 valence electrons. The van der Waals surface area contributed by atoms with E-state index in [1.807, 2.05) is 25.3 Å². The van der Waals surface area contributed by atoms with Gasteiger partial charge in [0.2, 0.25) is 10.0 Å². The highest BCUT2D eigenvalue weighted by Gasteiger charge is 2.50. The van der Waals surface area contributed by atoms with Gasteiger partial charge in [0.1, 0.15) is 11.4 Å². The molecule has 1 N–H and O–H groups in total. The average molecular weight is 755 g/mol. The summed E-state index contributed by atoms with van der Waals surface area (Å²) in [6.45, 7) is 10.3. The van der Waals surface area contributed by atoms with Gasteiger partial charge in [-0.25, -0.2) is 13.1 Å². The second-order valence-electron chi connectivity index (χ2n) is 16.2. The predicted molar refractivity (Wildman–Crippen MR) is 210 cm³/mol. The van der Waals surface area contributed by atoms with Gasteiger partial charge in [-0.15, -0.1) is 0 Å². The molecule has 0 radical (unpaired) electrons. The highest BCUT2D eigenvalue weighted by molar-refractivity contribution is 7.90. The van der Waals surface area contributed by atoms with Crippen LogP contribution in [0.25, 0.3) is 0 Å². The molecule has 0 bridgehead atoms. The number of halogens is 1. The molecule has 6 rings (SSSR count). The van der Waals surface area contributed by atoms with Crippen molar-refractivity contribution < 1.29 is 22.7 Å². The highest BCUT2D eigenvalue weighted by atomic mass is 35.5. The van der Waals surface area contributed by atoms with Crippen molar-refractivity contribution in [1.82, 2.24) is 14.5 Å². The smallest absolute Gasteiger partial charge is 0.264 e. The van der Waals surface area contributed by atoms with Crippen LogP contribution in [0.4, 0.5) is 5.69 Å². The van der Waals surface area contributed by atoms with Crippen LogP contribution in [0.5, 0.6) is 5.75 Å². The topological polar surface area (TPSA) is 91.4 Å². The van der Waals surface area contributed by atoms with E-state index in [9.17, 15) is 13.2 Å². The first-order chi connectivity index (χ1) is 24.8. The number of allylic oxidation sites excluding steroid dienone is 1. The number of aryl methyl sites for hydroxylation is 1. The molecule has 1 saturated heterocycles. The Bertz CT molecular complexity index is 1730. The summed E-state index contributed by atoms with van der Waals surface area (Å²) in [7, 11) is 2.45. The highest BCUT2D eigenvalue weighted by Crippen LogP contribution is 2.49. The molecule has 2 aromatic carbocycles. The van der Waals surface area contributed by atoms with Crippen LogP contribution in [0.2, 0.25) is 5.02 Å². The fourth-order valence-corrected chi connectivity index (χ4v) is 9.92. The molecule has 11 heteroatoms. The fourth-order valence-electron chi connectivity index (χ4n) is 9.11. The number of likely N-dealkylation sites (tertiary alicyclic amines) is 1. The maximum absolute atomic E-state index is 13.4. The van der Waals surface area contributed by atoms with Crippen molar-refractivity contribution in [3.8, 4) is 5.75 Å². The van der Waals surface area contributed by atoms with Gasteiger partial charge in [-0.1, -0.05) is 36.7 Å². The quantitative estimate of drug-likeness (QED) is 0.240. The number of anilines is 1. The Labute approximate surface area is 317 Å². The van der Waals surface area contributed by atoms with E-state index in [0.29, 0.717) is 35.8 Å². The van der Waals surface area contributed by atoms with Crippen LogP contribution in [-0.2, 0) is 26.6 Å². The van der Waals surface area contributed by atoms with Gasteiger partial charge in [-0.05, 0) is 146 Å². The van der Waals surface area contributed by atoms with E-state index >= 15 is 0 Å². The molecule has 52 heavy (non-hydrogen) atoms. The molecule has 9 nitrogen and oxygen atoms in total. The number of benzene rings is 2. The lowest BCUT2D eigenvalue weighted by Gasteiger charge is -2.52. The molecular weight excluding hydrogens is 696 g/mol. The standard InChI is InChI=1S/C41H59ClN4O5S/c1-7-8-20-41(50-6,27-45-21-17-34(18-22-45)44(4)5)36-14-11-32(36)25-46-26-40(19-9-10-30-23-33(42)13-15-35(30)40)28-51-38-16-12-31(24-37(38)46)39(47)43-52(48,49)29(2)3/h8,12-13,15-16,20,23-24,29,32,34,36H,7,9-11,14,17-19,21-22,25-28H2,1-6H3,(H,43,47)/b20-8+/t32-,36+,40-,41+/m0/s1. The van der Waals surface area contributed by atoms with Crippen LogP contribution in [0.1, 0.15) is 87.2 Å². The van der Waals surface area contributed by atoms with Gasteiger partial charge in [0.15, 0.2) is 0 Å². The lowest BCUT2D eigenvalue weighted by molar-refractivity contribution is -0.0947. The largest absolute Gasteiger partial charge is 0.490 e. The Hall–Kier alpha value is -2.63. The number of piperidine rings is 1.